The zero-order valence-corrected chi connectivity index (χ0v) is 21.4. The van der Waals surface area contributed by atoms with Gasteiger partial charge in [-0.1, -0.05) is 18.3 Å². The van der Waals surface area contributed by atoms with Crippen molar-refractivity contribution in [2.75, 3.05) is 27.3 Å². The van der Waals surface area contributed by atoms with Gasteiger partial charge in [0.05, 0.1) is 29.3 Å². The Labute approximate surface area is 207 Å². The summed E-state index contributed by atoms with van der Waals surface area (Å²) in [6.45, 7) is 2.93. The minimum absolute atomic E-state index is 0.111. The zero-order valence-electron chi connectivity index (χ0n) is 19.8. The maximum atomic E-state index is 13.0. The minimum Gasteiger partial charge on any atom is -0.497 e. The summed E-state index contributed by atoms with van der Waals surface area (Å²) in [5.41, 5.74) is 0.959. The topological polar surface area (TPSA) is 107 Å². The van der Waals surface area contributed by atoms with Gasteiger partial charge in [-0.05, 0) is 61.2 Å². The Hall–Kier alpha value is -3.02. The predicted octanol–water partition coefficient (Wildman–Crippen LogP) is 3.05. The minimum atomic E-state index is -3.62. The number of hydrogen-bond donors (Lipinski definition) is 0. The van der Waals surface area contributed by atoms with Crippen molar-refractivity contribution < 1.29 is 27.5 Å². The molecule has 186 valence electrons. The van der Waals surface area contributed by atoms with Crippen LogP contribution < -0.4 is 9.54 Å². The van der Waals surface area contributed by atoms with E-state index in [0.29, 0.717) is 35.1 Å². The maximum Gasteiger partial charge on any atom is 0.325 e. The van der Waals surface area contributed by atoms with E-state index in [1.807, 2.05) is 6.92 Å². The fourth-order valence-electron chi connectivity index (χ4n) is 4.05. The summed E-state index contributed by atoms with van der Waals surface area (Å²) in [6.07, 6.45) is 1.85. The van der Waals surface area contributed by atoms with Crippen molar-refractivity contribution in [3.8, 4) is 5.75 Å². The van der Waals surface area contributed by atoms with Gasteiger partial charge in [0.1, 0.15) is 12.3 Å². The average molecular weight is 518 g/mol. The Balaban J connectivity index is 1.66. The van der Waals surface area contributed by atoms with Gasteiger partial charge in [-0.25, -0.2) is 8.42 Å². The number of carbonyl (C=O) groups excluding carboxylic acids is 2. The van der Waals surface area contributed by atoms with Crippen molar-refractivity contribution in [2.45, 2.75) is 31.2 Å². The molecule has 1 aliphatic rings. The van der Waals surface area contributed by atoms with Gasteiger partial charge in [0.25, 0.3) is 5.91 Å². The summed E-state index contributed by atoms with van der Waals surface area (Å²) in [4.78, 5) is 29.6. The second-order valence-corrected chi connectivity index (χ2v) is 11.4. The van der Waals surface area contributed by atoms with Crippen LogP contribution in [-0.4, -0.2) is 56.5 Å². The number of amides is 1. The number of carbonyl (C=O) groups is 2. The highest BCUT2D eigenvalue weighted by molar-refractivity contribution is 7.89. The number of aromatic nitrogens is 1. The Kier molecular flexibility index (Phi) is 7.39. The third kappa shape index (κ3) is 5.31. The first-order chi connectivity index (χ1) is 16.7. The predicted molar refractivity (Wildman–Crippen MR) is 132 cm³/mol. The van der Waals surface area contributed by atoms with Crippen LogP contribution in [0.25, 0.3) is 10.2 Å². The average Bonchev–Trinajstić information content (AvgIpc) is 3.19. The molecule has 1 fully saturated rings. The molecule has 3 aromatic rings. The van der Waals surface area contributed by atoms with Gasteiger partial charge in [-0.2, -0.15) is 9.30 Å². The summed E-state index contributed by atoms with van der Waals surface area (Å²) in [5.74, 6) is -0.0634. The van der Waals surface area contributed by atoms with Crippen LogP contribution in [0.3, 0.4) is 0 Å². The van der Waals surface area contributed by atoms with E-state index in [9.17, 15) is 18.0 Å². The number of ether oxygens (including phenoxy) is 2. The molecule has 0 saturated carbocycles. The fourth-order valence-corrected chi connectivity index (χ4v) is 6.70. The van der Waals surface area contributed by atoms with Gasteiger partial charge in [-0.15, -0.1) is 0 Å². The third-order valence-corrected chi connectivity index (χ3v) is 8.88. The molecule has 1 aliphatic heterocycles. The second kappa shape index (κ2) is 10.3. The smallest absolute Gasteiger partial charge is 0.325 e. The molecule has 0 N–H and O–H groups in total. The molecule has 11 heteroatoms. The van der Waals surface area contributed by atoms with Crippen LogP contribution in [0.4, 0.5) is 0 Å². The maximum absolute atomic E-state index is 13.0. The summed E-state index contributed by atoms with van der Waals surface area (Å²) in [5, 5.41) is 0. The van der Waals surface area contributed by atoms with E-state index in [1.165, 1.54) is 47.0 Å². The van der Waals surface area contributed by atoms with Crippen LogP contribution in [0.15, 0.2) is 52.4 Å². The van der Waals surface area contributed by atoms with Crippen LogP contribution in [0.2, 0.25) is 0 Å². The van der Waals surface area contributed by atoms with Crippen LogP contribution in [0.1, 0.15) is 30.1 Å². The summed E-state index contributed by atoms with van der Waals surface area (Å²) < 4.78 is 40.0. The highest BCUT2D eigenvalue weighted by Crippen LogP contribution is 2.25. The summed E-state index contributed by atoms with van der Waals surface area (Å²) >= 11 is 1.24. The van der Waals surface area contributed by atoms with Crippen LogP contribution in [-0.2, 0) is 26.1 Å². The van der Waals surface area contributed by atoms with E-state index in [2.05, 4.69) is 4.99 Å². The van der Waals surface area contributed by atoms with Crippen molar-refractivity contribution >= 4 is 43.5 Å². The Morgan fingerprint density at radius 2 is 1.89 bits per heavy atom. The molecule has 0 aliphatic carbocycles. The lowest BCUT2D eigenvalue weighted by Gasteiger charge is -2.30. The summed E-state index contributed by atoms with van der Waals surface area (Å²) in [7, 11) is -0.766. The first kappa shape index (κ1) is 25.1. The number of sulfonamides is 1. The van der Waals surface area contributed by atoms with Crippen LogP contribution in [0, 0.1) is 5.92 Å². The van der Waals surface area contributed by atoms with Gasteiger partial charge in [-0.3, -0.25) is 9.59 Å². The molecule has 0 spiro atoms. The van der Waals surface area contributed by atoms with Crippen molar-refractivity contribution in [1.82, 2.24) is 8.87 Å². The molecular formula is C24H27N3O6S2. The molecule has 0 radical (unpaired) electrons. The quantitative estimate of drug-likeness (QED) is 0.465. The molecule has 1 amide bonds. The molecule has 1 aromatic heterocycles. The van der Waals surface area contributed by atoms with Gasteiger partial charge in [0, 0.05) is 18.7 Å². The summed E-state index contributed by atoms with van der Waals surface area (Å²) in [6, 6.07) is 11.2. The molecule has 0 bridgehead atoms. The lowest BCUT2D eigenvalue weighted by atomic mass is 10.0. The number of hydrogen-bond acceptors (Lipinski definition) is 7. The second-order valence-electron chi connectivity index (χ2n) is 8.43. The highest BCUT2D eigenvalue weighted by atomic mass is 32.2. The first-order valence-corrected chi connectivity index (χ1v) is 13.4. The Bertz CT molecular complexity index is 1420. The third-order valence-electron chi connectivity index (χ3n) is 5.96. The molecule has 2 aromatic carbocycles. The molecule has 1 atom stereocenters. The van der Waals surface area contributed by atoms with Crippen molar-refractivity contribution in [1.29, 1.82) is 0 Å². The molecular weight excluding hydrogens is 490 g/mol. The molecule has 0 unspecified atom stereocenters. The largest absolute Gasteiger partial charge is 0.497 e. The number of benzene rings is 2. The van der Waals surface area contributed by atoms with Gasteiger partial charge in [0.2, 0.25) is 10.0 Å². The number of esters is 1. The van der Waals surface area contributed by atoms with Gasteiger partial charge >= 0.3 is 5.97 Å². The van der Waals surface area contributed by atoms with Crippen molar-refractivity contribution in [3.05, 3.63) is 52.8 Å². The van der Waals surface area contributed by atoms with E-state index in [1.54, 1.807) is 29.9 Å². The lowest BCUT2D eigenvalue weighted by molar-refractivity contribution is -0.141. The van der Waals surface area contributed by atoms with Crippen LogP contribution in [0.5, 0.6) is 5.75 Å². The number of methoxy groups -OCH3 is 2. The van der Waals surface area contributed by atoms with Gasteiger partial charge < -0.3 is 14.0 Å². The number of thiazole rings is 1. The number of nitrogens with zero attached hydrogens (tertiary/aromatic N) is 3. The van der Waals surface area contributed by atoms with Crippen LogP contribution >= 0.6 is 11.3 Å². The van der Waals surface area contributed by atoms with E-state index in [0.717, 1.165) is 17.5 Å². The molecule has 1 saturated heterocycles. The normalized spacial score (nSPS) is 17.5. The standard InChI is InChI=1S/C24H27N3O6S2/c1-16-5-4-12-26(14-16)35(30,31)19-9-6-17(7-10-19)23(29)25-24-27(15-22(28)33-3)20-11-8-18(32-2)13-21(20)34-24/h6-11,13,16H,4-5,12,14-15H2,1-3H3/t16-/m1/s1. The molecule has 35 heavy (non-hydrogen) atoms. The van der Waals surface area contributed by atoms with E-state index < -0.39 is 21.9 Å². The Morgan fingerprint density at radius 1 is 1.14 bits per heavy atom. The fraction of sp³-hybridized carbons (Fsp3) is 0.375. The van der Waals surface area contributed by atoms with E-state index in [-0.39, 0.29) is 17.0 Å². The van der Waals surface area contributed by atoms with E-state index >= 15 is 0 Å². The van der Waals surface area contributed by atoms with Gasteiger partial charge in [0.15, 0.2) is 4.80 Å². The van der Waals surface area contributed by atoms with Crippen molar-refractivity contribution in [2.24, 2.45) is 10.9 Å². The Morgan fingerprint density at radius 3 is 2.54 bits per heavy atom. The first-order valence-electron chi connectivity index (χ1n) is 11.2. The molecule has 4 rings (SSSR count). The number of fused-ring (bicyclic) bond motifs is 1. The molecule has 9 nitrogen and oxygen atoms in total. The lowest BCUT2D eigenvalue weighted by Crippen LogP contribution is -2.39. The van der Waals surface area contributed by atoms with E-state index in [4.69, 9.17) is 9.47 Å². The van der Waals surface area contributed by atoms with Crippen molar-refractivity contribution in [3.63, 3.8) is 0 Å². The highest BCUT2D eigenvalue weighted by Gasteiger charge is 2.28. The number of rotatable bonds is 6. The number of piperidine rings is 1. The zero-order chi connectivity index (χ0) is 25.2. The monoisotopic (exact) mass is 517 g/mol. The SMILES string of the molecule is COC(=O)Cn1c(=NC(=O)c2ccc(S(=O)(=O)N3CCC[C@@H](C)C3)cc2)sc2cc(OC)ccc21. The molecule has 2 heterocycles.